The van der Waals surface area contributed by atoms with Crippen LogP contribution in [0.3, 0.4) is 0 Å². The van der Waals surface area contributed by atoms with Crippen LogP contribution in [0.2, 0.25) is 0 Å². The lowest BCUT2D eigenvalue weighted by molar-refractivity contribution is -0.125. The lowest BCUT2D eigenvalue weighted by atomic mass is 9.92. The van der Waals surface area contributed by atoms with Gasteiger partial charge in [0.25, 0.3) is 0 Å². The summed E-state index contributed by atoms with van der Waals surface area (Å²) in [6.45, 7) is 11.8. The van der Waals surface area contributed by atoms with Gasteiger partial charge in [0.15, 0.2) is 0 Å². The van der Waals surface area contributed by atoms with Crippen LogP contribution in [-0.2, 0) is 9.53 Å². The number of nitrogens with one attached hydrogen (secondary N) is 2. The SMILES string of the molecule is CC(CNC(=O)OC(C)(C)C)NCC(C)(C)C(N)=O. The normalized spacial score (nSPS) is 13.8. The van der Waals surface area contributed by atoms with Crippen molar-refractivity contribution in [2.24, 2.45) is 11.1 Å². The van der Waals surface area contributed by atoms with Crippen LogP contribution in [0.1, 0.15) is 41.5 Å². The highest BCUT2D eigenvalue weighted by molar-refractivity contribution is 5.80. The van der Waals surface area contributed by atoms with E-state index in [1.807, 2.05) is 27.7 Å². The molecule has 0 bridgehead atoms. The molecule has 0 saturated heterocycles. The van der Waals surface area contributed by atoms with Gasteiger partial charge in [0.05, 0.1) is 5.41 Å². The number of alkyl carbamates (subject to hydrolysis) is 1. The molecule has 0 rings (SSSR count). The van der Waals surface area contributed by atoms with Crippen LogP contribution in [0.25, 0.3) is 0 Å². The first-order valence-electron chi connectivity index (χ1n) is 6.44. The fourth-order valence-electron chi connectivity index (χ4n) is 1.14. The summed E-state index contributed by atoms with van der Waals surface area (Å²) in [5.74, 6) is -0.354. The van der Waals surface area contributed by atoms with E-state index >= 15 is 0 Å². The molecule has 0 fully saturated rings. The Hall–Kier alpha value is -1.30. The van der Waals surface area contributed by atoms with E-state index in [0.717, 1.165) is 0 Å². The summed E-state index contributed by atoms with van der Waals surface area (Å²) in [6, 6.07) is 0.0196. The maximum atomic E-state index is 11.4. The van der Waals surface area contributed by atoms with Crippen LogP contribution in [0, 0.1) is 5.41 Å². The number of primary amides is 1. The largest absolute Gasteiger partial charge is 0.444 e. The molecule has 1 unspecified atom stereocenters. The third-order valence-corrected chi connectivity index (χ3v) is 2.51. The third-order valence-electron chi connectivity index (χ3n) is 2.51. The standard InChI is InChI=1S/C13H27N3O3/c1-9(16-8-13(5,6)10(14)17)7-15-11(18)19-12(2,3)4/h9,16H,7-8H2,1-6H3,(H2,14,17)(H,15,18). The molecule has 0 aliphatic heterocycles. The maximum absolute atomic E-state index is 11.4. The van der Waals surface area contributed by atoms with Gasteiger partial charge in [-0.1, -0.05) is 0 Å². The van der Waals surface area contributed by atoms with Crippen molar-refractivity contribution < 1.29 is 14.3 Å². The lowest BCUT2D eigenvalue weighted by Gasteiger charge is -2.24. The molecule has 0 spiro atoms. The number of carbonyl (C=O) groups excluding carboxylic acids is 2. The van der Waals surface area contributed by atoms with Gasteiger partial charge in [0.2, 0.25) is 5.91 Å². The monoisotopic (exact) mass is 273 g/mol. The predicted octanol–water partition coefficient (Wildman–Crippen LogP) is 1.00. The van der Waals surface area contributed by atoms with Gasteiger partial charge in [-0.2, -0.15) is 0 Å². The molecule has 0 aliphatic carbocycles. The Morgan fingerprint density at radius 2 is 1.74 bits per heavy atom. The van der Waals surface area contributed by atoms with Crippen molar-refractivity contribution in [1.29, 1.82) is 0 Å². The van der Waals surface area contributed by atoms with E-state index in [9.17, 15) is 9.59 Å². The van der Waals surface area contributed by atoms with E-state index in [1.54, 1.807) is 13.8 Å². The average molecular weight is 273 g/mol. The summed E-state index contributed by atoms with van der Waals surface area (Å²) in [5.41, 5.74) is 4.16. The summed E-state index contributed by atoms with van der Waals surface area (Å²) in [4.78, 5) is 22.6. The highest BCUT2D eigenvalue weighted by Gasteiger charge is 2.25. The van der Waals surface area contributed by atoms with Crippen LogP contribution in [-0.4, -0.2) is 36.7 Å². The zero-order valence-corrected chi connectivity index (χ0v) is 12.8. The molecule has 0 saturated carbocycles. The van der Waals surface area contributed by atoms with Crippen molar-refractivity contribution in [3.05, 3.63) is 0 Å². The molecule has 0 aromatic carbocycles. The second kappa shape index (κ2) is 6.75. The van der Waals surface area contributed by atoms with Crippen LogP contribution in [0.5, 0.6) is 0 Å². The minimum Gasteiger partial charge on any atom is -0.444 e. The number of amides is 2. The molecule has 0 aromatic heterocycles. The summed E-state index contributed by atoms with van der Waals surface area (Å²) in [7, 11) is 0. The van der Waals surface area contributed by atoms with Crippen molar-refractivity contribution in [3.8, 4) is 0 Å². The van der Waals surface area contributed by atoms with Crippen LogP contribution in [0.4, 0.5) is 4.79 Å². The van der Waals surface area contributed by atoms with E-state index in [0.29, 0.717) is 13.1 Å². The van der Waals surface area contributed by atoms with Gasteiger partial charge < -0.3 is 21.1 Å². The zero-order chi connectivity index (χ0) is 15.3. The first-order valence-corrected chi connectivity index (χ1v) is 6.44. The van der Waals surface area contributed by atoms with Crippen LogP contribution >= 0.6 is 0 Å². The smallest absolute Gasteiger partial charge is 0.407 e. The van der Waals surface area contributed by atoms with Crippen molar-refractivity contribution in [3.63, 3.8) is 0 Å². The van der Waals surface area contributed by atoms with E-state index in [4.69, 9.17) is 10.5 Å². The molecular formula is C13H27N3O3. The fraction of sp³-hybridized carbons (Fsp3) is 0.846. The summed E-state index contributed by atoms with van der Waals surface area (Å²) >= 11 is 0. The van der Waals surface area contributed by atoms with Crippen molar-refractivity contribution >= 4 is 12.0 Å². The van der Waals surface area contributed by atoms with E-state index in [-0.39, 0.29) is 11.9 Å². The Bertz CT molecular complexity index is 322. The lowest BCUT2D eigenvalue weighted by Crippen LogP contribution is -2.47. The molecule has 4 N–H and O–H groups in total. The van der Waals surface area contributed by atoms with Crippen LogP contribution < -0.4 is 16.4 Å². The van der Waals surface area contributed by atoms with Crippen molar-refractivity contribution in [2.75, 3.05) is 13.1 Å². The molecular weight excluding hydrogens is 246 g/mol. The van der Waals surface area contributed by atoms with E-state index in [2.05, 4.69) is 10.6 Å². The van der Waals surface area contributed by atoms with Gasteiger partial charge in [-0.3, -0.25) is 4.79 Å². The Morgan fingerprint density at radius 1 is 1.21 bits per heavy atom. The number of hydrogen-bond acceptors (Lipinski definition) is 4. The highest BCUT2D eigenvalue weighted by Crippen LogP contribution is 2.12. The van der Waals surface area contributed by atoms with Gasteiger partial charge in [-0.15, -0.1) is 0 Å². The Labute approximate surface area is 115 Å². The summed E-state index contributed by atoms with van der Waals surface area (Å²) < 4.78 is 5.12. The zero-order valence-electron chi connectivity index (χ0n) is 12.8. The van der Waals surface area contributed by atoms with E-state index < -0.39 is 17.1 Å². The molecule has 1 atom stereocenters. The minimum atomic E-state index is -0.611. The molecule has 0 aliphatic rings. The Balaban J connectivity index is 3.97. The first kappa shape index (κ1) is 17.7. The number of hydrogen-bond donors (Lipinski definition) is 3. The molecule has 0 aromatic rings. The fourth-order valence-corrected chi connectivity index (χ4v) is 1.14. The molecule has 0 radical (unpaired) electrons. The molecule has 0 heterocycles. The second-order valence-electron chi connectivity index (χ2n) is 6.41. The molecule has 19 heavy (non-hydrogen) atoms. The third kappa shape index (κ3) is 8.42. The number of rotatable bonds is 6. The van der Waals surface area contributed by atoms with Gasteiger partial charge in [-0.05, 0) is 41.5 Å². The summed E-state index contributed by atoms with van der Waals surface area (Å²) in [5, 5.41) is 5.82. The maximum Gasteiger partial charge on any atom is 0.407 e. The van der Waals surface area contributed by atoms with Crippen LogP contribution in [0.15, 0.2) is 0 Å². The number of ether oxygens (including phenoxy) is 1. The Morgan fingerprint density at radius 3 is 2.16 bits per heavy atom. The predicted molar refractivity (Wildman–Crippen MR) is 74.7 cm³/mol. The van der Waals surface area contributed by atoms with Gasteiger partial charge in [0, 0.05) is 19.1 Å². The van der Waals surface area contributed by atoms with E-state index in [1.165, 1.54) is 0 Å². The topological polar surface area (TPSA) is 93.4 Å². The quantitative estimate of drug-likeness (QED) is 0.673. The number of carbonyl (C=O) groups is 2. The average Bonchev–Trinajstić information content (AvgIpc) is 2.21. The molecule has 2 amide bonds. The first-order chi connectivity index (χ1) is 8.44. The van der Waals surface area contributed by atoms with Gasteiger partial charge in [0.1, 0.15) is 5.60 Å². The van der Waals surface area contributed by atoms with Crippen molar-refractivity contribution in [1.82, 2.24) is 10.6 Å². The minimum absolute atomic E-state index is 0.0196. The molecule has 6 heteroatoms. The molecule has 6 nitrogen and oxygen atoms in total. The summed E-state index contributed by atoms with van der Waals surface area (Å²) in [6.07, 6.45) is -0.449. The molecule has 112 valence electrons. The van der Waals surface area contributed by atoms with Gasteiger partial charge in [-0.25, -0.2) is 4.79 Å². The van der Waals surface area contributed by atoms with Gasteiger partial charge >= 0.3 is 6.09 Å². The second-order valence-corrected chi connectivity index (χ2v) is 6.41. The Kier molecular flexibility index (Phi) is 6.29. The number of nitrogens with two attached hydrogens (primary N) is 1. The van der Waals surface area contributed by atoms with Crippen molar-refractivity contribution in [2.45, 2.75) is 53.2 Å². The highest BCUT2D eigenvalue weighted by atomic mass is 16.6.